The average Bonchev–Trinajstić information content (AvgIpc) is 2.65. The van der Waals surface area contributed by atoms with Crippen molar-refractivity contribution in [2.24, 2.45) is 0 Å². The summed E-state index contributed by atoms with van der Waals surface area (Å²) in [6.07, 6.45) is 4.48. The Balaban J connectivity index is 2.01. The van der Waals surface area contributed by atoms with Crippen LogP contribution in [0.1, 0.15) is 41.8 Å². The molecule has 0 aliphatic carbocycles. The Labute approximate surface area is 156 Å². The van der Waals surface area contributed by atoms with Crippen LogP contribution in [0.25, 0.3) is 0 Å². The van der Waals surface area contributed by atoms with Crippen LogP contribution in [-0.4, -0.2) is 43.0 Å². The van der Waals surface area contributed by atoms with Gasteiger partial charge in [-0.2, -0.15) is 0 Å². The molecule has 5 heteroatoms. The van der Waals surface area contributed by atoms with E-state index in [1.807, 2.05) is 26.2 Å². The zero-order valence-electron chi connectivity index (χ0n) is 16.3. The van der Waals surface area contributed by atoms with Crippen molar-refractivity contribution in [1.82, 2.24) is 15.2 Å². The van der Waals surface area contributed by atoms with E-state index in [0.29, 0.717) is 12.1 Å². The predicted molar refractivity (Wildman–Crippen MR) is 108 cm³/mol. The van der Waals surface area contributed by atoms with Gasteiger partial charge >= 0.3 is 0 Å². The monoisotopic (exact) mass is 354 g/mol. The maximum atomic E-state index is 12.2. The second-order valence-corrected chi connectivity index (χ2v) is 6.63. The molecule has 2 aromatic rings. The van der Waals surface area contributed by atoms with Gasteiger partial charge in [-0.05, 0) is 63.2 Å². The molecule has 2 N–H and O–H groups in total. The van der Waals surface area contributed by atoms with E-state index in [1.165, 1.54) is 11.1 Å². The Morgan fingerprint density at radius 3 is 2.31 bits per heavy atom. The quantitative estimate of drug-likeness (QED) is 0.675. The van der Waals surface area contributed by atoms with Crippen molar-refractivity contribution >= 4 is 17.4 Å². The number of nitrogens with zero attached hydrogens (tertiary/aromatic N) is 2. The number of aryl methyl sites for hydroxylation is 2. The third-order valence-corrected chi connectivity index (χ3v) is 4.35. The Bertz CT molecular complexity index is 688. The van der Waals surface area contributed by atoms with E-state index in [1.54, 1.807) is 6.20 Å². The summed E-state index contributed by atoms with van der Waals surface area (Å²) in [7, 11) is 4.05. The molecular weight excluding hydrogens is 324 g/mol. The van der Waals surface area contributed by atoms with Crippen LogP contribution in [0.3, 0.4) is 0 Å². The highest BCUT2D eigenvalue weighted by molar-refractivity contribution is 5.94. The van der Waals surface area contributed by atoms with E-state index in [9.17, 15) is 4.79 Å². The van der Waals surface area contributed by atoms with Gasteiger partial charge in [0.25, 0.3) is 5.91 Å². The van der Waals surface area contributed by atoms with Crippen molar-refractivity contribution in [3.05, 3.63) is 53.2 Å². The number of para-hydroxylation sites is 1. The molecule has 0 saturated carbocycles. The second-order valence-electron chi connectivity index (χ2n) is 6.63. The van der Waals surface area contributed by atoms with Crippen LogP contribution in [0.2, 0.25) is 0 Å². The zero-order valence-corrected chi connectivity index (χ0v) is 16.3. The maximum Gasteiger partial charge on any atom is 0.252 e. The Kier molecular flexibility index (Phi) is 7.60. The van der Waals surface area contributed by atoms with E-state index in [0.717, 1.165) is 37.3 Å². The first-order valence-electron chi connectivity index (χ1n) is 9.31. The summed E-state index contributed by atoms with van der Waals surface area (Å²) in [5.41, 5.74) is 4.26. The lowest BCUT2D eigenvalue weighted by atomic mass is 10.0. The summed E-state index contributed by atoms with van der Waals surface area (Å²) in [6.45, 7) is 5.92. The summed E-state index contributed by atoms with van der Waals surface area (Å²) in [4.78, 5) is 18.7. The number of aromatic nitrogens is 1. The van der Waals surface area contributed by atoms with Crippen molar-refractivity contribution in [3.63, 3.8) is 0 Å². The first kappa shape index (κ1) is 19.9. The largest absolute Gasteiger partial charge is 0.352 e. The topological polar surface area (TPSA) is 57.3 Å². The molecule has 0 spiro atoms. The van der Waals surface area contributed by atoms with Crippen molar-refractivity contribution in [1.29, 1.82) is 0 Å². The van der Waals surface area contributed by atoms with Gasteiger partial charge in [-0.1, -0.05) is 32.0 Å². The van der Waals surface area contributed by atoms with Gasteiger partial charge in [0, 0.05) is 18.4 Å². The molecule has 0 aliphatic heterocycles. The minimum absolute atomic E-state index is 0.0778. The Morgan fingerprint density at radius 1 is 1.08 bits per heavy atom. The molecule has 26 heavy (non-hydrogen) atoms. The van der Waals surface area contributed by atoms with Gasteiger partial charge in [0.05, 0.1) is 5.56 Å². The predicted octanol–water partition coefficient (Wildman–Crippen LogP) is 3.63. The fourth-order valence-corrected chi connectivity index (χ4v) is 2.83. The molecule has 0 unspecified atom stereocenters. The van der Waals surface area contributed by atoms with Crippen molar-refractivity contribution in [3.8, 4) is 0 Å². The first-order valence-corrected chi connectivity index (χ1v) is 9.31. The molecule has 1 aromatic carbocycles. The Hall–Kier alpha value is -2.40. The van der Waals surface area contributed by atoms with Crippen LogP contribution in [0, 0.1) is 0 Å². The standard InChI is InChI=1S/C21H30N4O/c1-5-16-9-7-10-17(6-2)20(16)24-19-12-11-18(15-23-19)21(26)22-13-8-14-25(3)4/h7,9-12,15H,5-6,8,13-14H2,1-4H3,(H,22,26)(H,23,24). The molecule has 1 aromatic heterocycles. The van der Waals surface area contributed by atoms with Crippen LogP contribution >= 0.6 is 0 Å². The number of carbonyl (C=O) groups excluding carboxylic acids is 1. The SMILES string of the molecule is CCc1cccc(CC)c1Nc1ccc(C(=O)NCCCN(C)C)cn1. The first-order chi connectivity index (χ1) is 12.5. The molecule has 1 heterocycles. The summed E-state index contributed by atoms with van der Waals surface area (Å²) < 4.78 is 0. The summed E-state index contributed by atoms with van der Waals surface area (Å²) in [6, 6.07) is 10.0. The number of carbonyl (C=O) groups is 1. The van der Waals surface area contributed by atoms with E-state index < -0.39 is 0 Å². The van der Waals surface area contributed by atoms with Gasteiger partial charge < -0.3 is 15.5 Å². The molecule has 0 atom stereocenters. The van der Waals surface area contributed by atoms with Gasteiger partial charge in [0.2, 0.25) is 0 Å². The lowest BCUT2D eigenvalue weighted by Gasteiger charge is -2.15. The number of amides is 1. The fourth-order valence-electron chi connectivity index (χ4n) is 2.83. The van der Waals surface area contributed by atoms with Crippen LogP contribution in [-0.2, 0) is 12.8 Å². The fraction of sp³-hybridized carbons (Fsp3) is 0.429. The van der Waals surface area contributed by atoms with Crippen molar-refractivity contribution in [2.75, 3.05) is 32.5 Å². The van der Waals surface area contributed by atoms with Gasteiger partial charge in [0.15, 0.2) is 0 Å². The smallest absolute Gasteiger partial charge is 0.252 e. The van der Waals surface area contributed by atoms with E-state index in [2.05, 4.69) is 52.6 Å². The van der Waals surface area contributed by atoms with E-state index in [4.69, 9.17) is 0 Å². The molecule has 0 saturated heterocycles. The highest BCUT2D eigenvalue weighted by atomic mass is 16.1. The highest BCUT2D eigenvalue weighted by Gasteiger charge is 2.09. The maximum absolute atomic E-state index is 12.2. The summed E-state index contributed by atoms with van der Waals surface area (Å²) >= 11 is 0. The minimum Gasteiger partial charge on any atom is -0.352 e. The highest BCUT2D eigenvalue weighted by Crippen LogP contribution is 2.25. The number of pyridine rings is 1. The molecular formula is C21H30N4O. The lowest BCUT2D eigenvalue weighted by Crippen LogP contribution is -2.27. The molecule has 2 rings (SSSR count). The molecule has 0 aliphatic rings. The molecule has 1 amide bonds. The average molecular weight is 354 g/mol. The summed E-state index contributed by atoms with van der Waals surface area (Å²) in [5, 5.41) is 6.36. The number of hydrogen-bond donors (Lipinski definition) is 2. The zero-order chi connectivity index (χ0) is 18.9. The van der Waals surface area contributed by atoms with Crippen molar-refractivity contribution in [2.45, 2.75) is 33.1 Å². The van der Waals surface area contributed by atoms with Crippen molar-refractivity contribution < 1.29 is 4.79 Å². The Morgan fingerprint density at radius 2 is 1.77 bits per heavy atom. The molecule has 0 radical (unpaired) electrons. The number of anilines is 2. The number of nitrogens with one attached hydrogen (secondary N) is 2. The van der Waals surface area contributed by atoms with Crippen LogP contribution < -0.4 is 10.6 Å². The van der Waals surface area contributed by atoms with Gasteiger partial charge in [-0.25, -0.2) is 4.98 Å². The van der Waals surface area contributed by atoms with Crippen LogP contribution in [0.4, 0.5) is 11.5 Å². The molecule has 0 bridgehead atoms. The second kappa shape index (κ2) is 9.92. The van der Waals surface area contributed by atoms with Gasteiger partial charge in [-0.15, -0.1) is 0 Å². The number of hydrogen-bond acceptors (Lipinski definition) is 4. The number of rotatable bonds is 9. The van der Waals surface area contributed by atoms with E-state index >= 15 is 0 Å². The summed E-state index contributed by atoms with van der Waals surface area (Å²) in [5.74, 6) is 0.677. The normalized spacial score (nSPS) is 10.8. The third-order valence-electron chi connectivity index (χ3n) is 4.35. The lowest BCUT2D eigenvalue weighted by molar-refractivity contribution is 0.0952. The van der Waals surface area contributed by atoms with Crippen LogP contribution in [0.5, 0.6) is 0 Å². The number of benzene rings is 1. The third kappa shape index (κ3) is 5.56. The molecule has 140 valence electrons. The van der Waals surface area contributed by atoms with Gasteiger partial charge in [0.1, 0.15) is 5.82 Å². The molecule has 0 fully saturated rings. The van der Waals surface area contributed by atoms with E-state index in [-0.39, 0.29) is 5.91 Å². The minimum atomic E-state index is -0.0778. The van der Waals surface area contributed by atoms with Gasteiger partial charge in [-0.3, -0.25) is 4.79 Å². The van der Waals surface area contributed by atoms with Crippen LogP contribution in [0.15, 0.2) is 36.5 Å². The molecule has 5 nitrogen and oxygen atoms in total.